The fourth-order valence-electron chi connectivity index (χ4n) is 7.68. The molecule has 0 bridgehead atoms. The smallest absolute Gasteiger partial charge is 0.170 e. The van der Waals surface area contributed by atoms with Gasteiger partial charge in [0, 0.05) is 16.5 Å². The Hall–Kier alpha value is -6.52. The highest BCUT2D eigenvalue weighted by Crippen LogP contribution is 2.57. The molecule has 1 aromatic heterocycles. The van der Waals surface area contributed by atoms with E-state index in [1.807, 2.05) is 60.7 Å². The molecule has 0 saturated carbocycles. The second-order valence-electron chi connectivity index (χ2n) is 12.5. The van der Waals surface area contributed by atoms with E-state index in [0.29, 0.717) is 23.1 Å². The maximum Gasteiger partial charge on any atom is 0.170 e. The van der Waals surface area contributed by atoms with E-state index in [9.17, 15) is 0 Å². The Bertz CT molecular complexity index is 2510. The highest BCUT2D eigenvalue weighted by atomic mass is 16.6. The summed E-state index contributed by atoms with van der Waals surface area (Å²) in [6.45, 7) is 0. The van der Waals surface area contributed by atoms with Crippen LogP contribution in [-0.2, 0) is 5.41 Å². The van der Waals surface area contributed by atoms with Gasteiger partial charge in [-0.25, -0.2) is 9.97 Å². The van der Waals surface area contributed by atoms with Gasteiger partial charge in [-0.2, -0.15) is 0 Å². The number of hydrogen-bond donors (Lipinski definition) is 0. The first-order chi connectivity index (χ1) is 24.3. The van der Waals surface area contributed by atoms with Crippen LogP contribution in [0, 0.1) is 0 Å². The van der Waals surface area contributed by atoms with Gasteiger partial charge < -0.3 is 9.47 Å². The van der Waals surface area contributed by atoms with Gasteiger partial charge in [0.15, 0.2) is 28.8 Å². The molecule has 2 heterocycles. The van der Waals surface area contributed by atoms with Crippen LogP contribution in [0.1, 0.15) is 22.3 Å². The van der Waals surface area contributed by atoms with Crippen LogP contribution in [0.15, 0.2) is 170 Å². The molecule has 0 fully saturated rings. The lowest BCUT2D eigenvalue weighted by Gasteiger charge is -2.34. The van der Waals surface area contributed by atoms with Crippen LogP contribution >= 0.6 is 0 Å². The van der Waals surface area contributed by atoms with E-state index >= 15 is 0 Å². The van der Waals surface area contributed by atoms with Crippen LogP contribution in [0.5, 0.6) is 23.0 Å². The van der Waals surface area contributed by atoms with Gasteiger partial charge in [0.05, 0.1) is 16.6 Å². The minimum atomic E-state index is -0.597. The highest BCUT2D eigenvalue weighted by molar-refractivity contribution is 5.93. The third kappa shape index (κ3) is 4.17. The molecule has 0 atom stereocenters. The molecule has 7 aromatic carbocycles. The average Bonchev–Trinajstić information content (AvgIpc) is 3.48. The highest BCUT2D eigenvalue weighted by Gasteiger charge is 2.46. The van der Waals surface area contributed by atoms with Crippen molar-refractivity contribution in [3.05, 3.63) is 192 Å². The number of hydrogen-bond acceptors (Lipinski definition) is 4. The van der Waals surface area contributed by atoms with Crippen LogP contribution in [0.25, 0.3) is 44.7 Å². The molecule has 0 saturated heterocycles. The zero-order valence-corrected chi connectivity index (χ0v) is 26.4. The Morgan fingerprint density at radius 2 is 0.980 bits per heavy atom. The molecule has 0 spiro atoms. The zero-order chi connectivity index (χ0) is 32.4. The van der Waals surface area contributed by atoms with Gasteiger partial charge in [-0.05, 0) is 63.7 Å². The summed E-state index contributed by atoms with van der Waals surface area (Å²) >= 11 is 0. The molecule has 0 unspecified atom stereocenters. The van der Waals surface area contributed by atoms with Gasteiger partial charge in [-0.1, -0.05) is 140 Å². The molecule has 1 aliphatic carbocycles. The van der Waals surface area contributed by atoms with Gasteiger partial charge in [0.25, 0.3) is 0 Å². The van der Waals surface area contributed by atoms with Crippen LogP contribution in [0.4, 0.5) is 0 Å². The van der Waals surface area contributed by atoms with E-state index in [4.69, 9.17) is 19.4 Å². The van der Waals surface area contributed by atoms with Gasteiger partial charge >= 0.3 is 0 Å². The molecule has 4 nitrogen and oxygen atoms in total. The van der Waals surface area contributed by atoms with Crippen molar-refractivity contribution in [2.45, 2.75) is 5.41 Å². The molecule has 10 rings (SSSR count). The molecule has 49 heavy (non-hydrogen) atoms. The predicted octanol–water partition coefficient (Wildman–Crippen LogP) is 11.2. The molecule has 0 radical (unpaired) electrons. The van der Waals surface area contributed by atoms with Gasteiger partial charge in [-0.15, -0.1) is 0 Å². The van der Waals surface area contributed by atoms with Crippen LogP contribution in [0.3, 0.4) is 0 Å². The van der Waals surface area contributed by atoms with Crippen molar-refractivity contribution in [2.75, 3.05) is 0 Å². The zero-order valence-electron chi connectivity index (χ0n) is 26.4. The number of aromatic nitrogens is 2. The summed E-state index contributed by atoms with van der Waals surface area (Å²) in [5, 5.41) is 1.04. The maximum atomic E-state index is 6.45. The first-order valence-electron chi connectivity index (χ1n) is 16.5. The molecular weight excluding hydrogens is 601 g/mol. The maximum absolute atomic E-state index is 6.45. The second-order valence-corrected chi connectivity index (χ2v) is 12.5. The monoisotopic (exact) mass is 628 g/mol. The van der Waals surface area contributed by atoms with Crippen molar-refractivity contribution in [1.82, 2.24) is 9.97 Å². The van der Waals surface area contributed by atoms with E-state index in [1.165, 1.54) is 22.3 Å². The third-order valence-electron chi connectivity index (χ3n) is 9.84. The molecule has 4 heteroatoms. The van der Waals surface area contributed by atoms with Crippen molar-refractivity contribution in [1.29, 1.82) is 0 Å². The summed E-state index contributed by atoms with van der Waals surface area (Å²) in [4.78, 5) is 10.2. The Labute approximate surface area is 283 Å². The first kappa shape index (κ1) is 27.6. The lowest BCUT2D eigenvalue weighted by molar-refractivity contribution is 0.359. The normalized spacial score (nSPS) is 13.4. The predicted molar refractivity (Wildman–Crippen MR) is 194 cm³/mol. The van der Waals surface area contributed by atoms with Crippen LogP contribution in [-0.4, -0.2) is 9.97 Å². The minimum absolute atomic E-state index is 0.597. The summed E-state index contributed by atoms with van der Waals surface area (Å²) in [7, 11) is 0. The van der Waals surface area contributed by atoms with Crippen LogP contribution in [0.2, 0.25) is 0 Å². The van der Waals surface area contributed by atoms with E-state index in [2.05, 4.69) is 109 Å². The summed E-state index contributed by atoms with van der Waals surface area (Å²) in [6, 6.07) is 59.0. The topological polar surface area (TPSA) is 44.2 Å². The standard InChI is InChI=1S/C45H28N2O2/c1-2-12-29(13-3-1)43-35-16-6-9-19-38(35)46-44(47-43)30-22-24-31(25-23-30)45(36-17-7-4-14-33(36)34-15-5-8-18-37(34)45)32-26-27-41-42(28-32)49-40-21-11-10-20-39(40)48-41/h1-28H. The summed E-state index contributed by atoms with van der Waals surface area (Å²) in [5.41, 5.74) is 10.5. The van der Waals surface area contributed by atoms with Crippen molar-refractivity contribution < 1.29 is 9.47 Å². The van der Waals surface area contributed by atoms with E-state index < -0.39 is 5.41 Å². The molecule has 0 N–H and O–H groups in total. The average molecular weight is 629 g/mol. The number of benzene rings is 7. The minimum Gasteiger partial charge on any atom is -0.450 e. The van der Waals surface area contributed by atoms with E-state index in [-0.39, 0.29) is 0 Å². The summed E-state index contributed by atoms with van der Waals surface area (Å²) in [5.74, 6) is 3.53. The molecule has 8 aromatic rings. The van der Waals surface area contributed by atoms with Gasteiger partial charge in [-0.3, -0.25) is 0 Å². The lowest BCUT2D eigenvalue weighted by atomic mass is 9.67. The van der Waals surface area contributed by atoms with Crippen molar-refractivity contribution >= 4 is 10.9 Å². The Kier molecular flexibility index (Phi) is 6.06. The quantitative estimate of drug-likeness (QED) is 0.195. The summed E-state index contributed by atoms with van der Waals surface area (Å²) in [6.07, 6.45) is 0. The van der Waals surface area contributed by atoms with Gasteiger partial charge in [0.2, 0.25) is 0 Å². The van der Waals surface area contributed by atoms with Crippen molar-refractivity contribution in [3.63, 3.8) is 0 Å². The Balaban J connectivity index is 1.16. The second kappa shape index (κ2) is 10.8. The largest absolute Gasteiger partial charge is 0.450 e. The van der Waals surface area contributed by atoms with Crippen molar-refractivity contribution in [2.24, 2.45) is 0 Å². The lowest BCUT2D eigenvalue weighted by Crippen LogP contribution is -2.28. The number of rotatable bonds is 4. The number of ether oxygens (including phenoxy) is 2. The van der Waals surface area contributed by atoms with E-state index in [0.717, 1.165) is 44.6 Å². The Morgan fingerprint density at radius 3 is 1.71 bits per heavy atom. The van der Waals surface area contributed by atoms with Gasteiger partial charge in [0.1, 0.15) is 0 Å². The number of fused-ring (bicyclic) bond motifs is 6. The third-order valence-corrected chi connectivity index (χ3v) is 9.84. The Morgan fingerprint density at radius 1 is 0.408 bits per heavy atom. The summed E-state index contributed by atoms with van der Waals surface area (Å²) < 4.78 is 12.7. The van der Waals surface area contributed by atoms with E-state index in [1.54, 1.807) is 0 Å². The van der Waals surface area contributed by atoms with Crippen LogP contribution < -0.4 is 9.47 Å². The molecular formula is C45H28N2O2. The molecule has 1 aliphatic heterocycles. The number of nitrogens with zero attached hydrogens (tertiary/aromatic N) is 2. The number of para-hydroxylation sites is 3. The SMILES string of the molecule is c1ccc(-c2nc(-c3ccc(C4(c5ccc6c(c5)Oc5ccccc5O6)c5ccccc5-c5ccccc54)cc3)nc3ccccc23)cc1. The molecule has 2 aliphatic rings. The fourth-order valence-corrected chi connectivity index (χ4v) is 7.68. The first-order valence-corrected chi connectivity index (χ1v) is 16.5. The molecule has 230 valence electrons. The van der Waals surface area contributed by atoms with Crippen molar-refractivity contribution in [3.8, 4) is 56.8 Å². The molecule has 0 amide bonds. The fraction of sp³-hybridized carbons (Fsp3) is 0.0222.